The number of rotatable bonds is 1. The minimum absolute atomic E-state index is 0. The highest BCUT2D eigenvalue weighted by Gasteiger charge is 2.05. The second kappa shape index (κ2) is 3.66. The summed E-state index contributed by atoms with van der Waals surface area (Å²) in [4.78, 5) is 0. The van der Waals surface area contributed by atoms with Gasteiger partial charge in [0.2, 0.25) is 0 Å². The first kappa shape index (κ1) is 10.6. The maximum atomic E-state index is 2.44. The third kappa shape index (κ3) is 10.8. The van der Waals surface area contributed by atoms with E-state index >= 15 is 0 Å². The molecule has 0 aliphatic carbocycles. The highest BCUT2D eigenvalue weighted by molar-refractivity contribution is 14.1. The smallest absolute Gasteiger partial charge is 0.0163 e. The van der Waals surface area contributed by atoms with Gasteiger partial charge in [0, 0.05) is 3.42 Å². The van der Waals surface area contributed by atoms with Gasteiger partial charge in [-0.3, -0.25) is 0 Å². The van der Waals surface area contributed by atoms with Crippen LogP contribution in [0.2, 0.25) is 0 Å². The van der Waals surface area contributed by atoms with E-state index in [9.17, 15) is 0 Å². The highest BCUT2D eigenvalue weighted by Crippen LogP contribution is 2.19. The van der Waals surface area contributed by atoms with E-state index < -0.39 is 0 Å². The van der Waals surface area contributed by atoms with E-state index in [1.807, 2.05) is 0 Å². The largest absolute Gasteiger partial charge is 0.344 e. The Morgan fingerprint density at radius 3 is 1.57 bits per heavy atom. The van der Waals surface area contributed by atoms with E-state index in [-0.39, 0.29) is 6.15 Å². The molecule has 1 nitrogen and oxygen atoms in total. The number of halogens is 1. The molecule has 0 aliphatic heterocycles. The Balaban J connectivity index is 0. The third-order valence-electron chi connectivity index (χ3n) is 0.841. The van der Waals surface area contributed by atoms with Gasteiger partial charge in [0.15, 0.2) is 0 Å². The Kier molecular flexibility index (Phi) is 5.56. The van der Waals surface area contributed by atoms with Gasteiger partial charge in [0.25, 0.3) is 0 Å². The predicted molar refractivity (Wildman–Crippen MR) is 43.4 cm³/mol. The monoisotopic (exact) mass is 215 g/mol. The second-order valence-electron chi connectivity index (χ2n) is 2.07. The van der Waals surface area contributed by atoms with Gasteiger partial charge in [0.1, 0.15) is 0 Å². The van der Waals surface area contributed by atoms with E-state index in [0.717, 1.165) is 0 Å². The summed E-state index contributed by atoms with van der Waals surface area (Å²) in [5.41, 5.74) is 0. The molecule has 0 saturated carbocycles. The topological polar surface area (TPSA) is 35.0 Å². The summed E-state index contributed by atoms with van der Waals surface area (Å²) in [6.07, 6.45) is 1.26. The zero-order chi connectivity index (χ0) is 5.21. The van der Waals surface area contributed by atoms with Crippen molar-refractivity contribution in [2.45, 2.75) is 30.6 Å². The zero-order valence-electron chi connectivity index (χ0n) is 5.29. The van der Waals surface area contributed by atoms with E-state index in [1.165, 1.54) is 6.42 Å². The zero-order valence-corrected chi connectivity index (χ0v) is 7.45. The lowest BCUT2D eigenvalue weighted by Gasteiger charge is -2.10. The molecule has 0 rings (SSSR count). The van der Waals surface area contributed by atoms with Crippen LogP contribution in [0.1, 0.15) is 27.2 Å². The van der Waals surface area contributed by atoms with Crippen LogP contribution in [0, 0.1) is 0 Å². The Bertz CT molecular complexity index is 37.8. The Morgan fingerprint density at radius 2 is 1.57 bits per heavy atom. The Morgan fingerprint density at radius 1 is 1.43 bits per heavy atom. The summed E-state index contributed by atoms with van der Waals surface area (Å²) in [6.45, 7) is 6.66. The first-order valence-electron chi connectivity index (χ1n) is 2.25. The van der Waals surface area contributed by atoms with Crippen molar-refractivity contribution in [3.63, 3.8) is 0 Å². The van der Waals surface area contributed by atoms with Crippen LogP contribution in [0.25, 0.3) is 0 Å². The van der Waals surface area contributed by atoms with Crippen LogP contribution in [-0.4, -0.2) is 3.42 Å². The fraction of sp³-hybridized carbons (Fsp3) is 1.00. The van der Waals surface area contributed by atoms with Crippen molar-refractivity contribution in [2.24, 2.45) is 0 Å². The Labute approximate surface area is 59.6 Å². The lowest BCUT2D eigenvalue weighted by molar-refractivity contribution is 0.719. The lowest BCUT2D eigenvalue weighted by atomic mass is 10.2. The Hall–Kier alpha value is 0.690. The number of hydrogen-bond acceptors (Lipinski definition) is 1. The molecule has 0 unspecified atom stereocenters. The van der Waals surface area contributed by atoms with Crippen LogP contribution in [0.15, 0.2) is 0 Å². The quantitative estimate of drug-likeness (QED) is 0.529. The number of alkyl halides is 1. The van der Waals surface area contributed by atoms with E-state index in [4.69, 9.17) is 0 Å². The van der Waals surface area contributed by atoms with Crippen LogP contribution in [0.3, 0.4) is 0 Å². The van der Waals surface area contributed by atoms with Gasteiger partial charge in [-0.1, -0.05) is 43.4 Å². The normalized spacial score (nSPS) is 10.3. The van der Waals surface area contributed by atoms with Gasteiger partial charge in [0.05, 0.1) is 0 Å². The molecule has 0 aromatic heterocycles. The lowest BCUT2D eigenvalue weighted by Crippen LogP contribution is -2.04. The maximum Gasteiger partial charge on any atom is 0.0163 e. The molecule has 0 saturated heterocycles. The van der Waals surface area contributed by atoms with Gasteiger partial charge in [-0.2, -0.15) is 0 Å². The van der Waals surface area contributed by atoms with E-state index in [0.29, 0.717) is 3.42 Å². The van der Waals surface area contributed by atoms with Crippen LogP contribution in [0.4, 0.5) is 0 Å². The average molecular weight is 215 g/mol. The molecule has 0 bridgehead atoms. The van der Waals surface area contributed by atoms with Crippen LogP contribution < -0.4 is 6.15 Å². The molecule has 0 atom stereocenters. The molecule has 0 amide bonds. The van der Waals surface area contributed by atoms with Gasteiger partial charge in [-0.05, 0) is 6.42 Å². The van der Waals surface area contributed by atoms with Crippen LogP contribution >= 0.6 is 22.6 Å². The van der Waals surface area contributed by atoms with Crippen molar-refractivity contribution in [1.29, 1.82) is 0 Å². The maximum absolute atomic E-state index is 2.44. The van der Waals surface area contributed by atoms with E-state index in [1.54, 1.807) is 0 Å². The summed E-state index contributed by atoms with van der Waals surface area (Å²) in [6, 6.07) is 0. The van der Waals surface area contributed by atoms with Gasteiger partial charge in [-0.15, -0.1) is 0 Å². The first-order chi connectivity index (χ1) is 2.56. The van der Waals surface area contributed by atoms with Crippen molar-refractivity contribution in [3.05, 3.63) is 0 Å². The molecule has 0 aliphatic rings. The van der Waals surface area contributed by atoms with Crippen molar-refractivity contribution >= 4 is 22.6 Å². The standard InChI is InChI=1S/C5H11I.H3N/c1-4-5(2,3)6;/h4H2,1-3H3;1H3. The second-order valence-corrected chi connectivity index (χ2v) is 4.99. The van der Waals surface area contributed by atoms with Crippen LogP contribution in [-0.2, 0) is 0 Å². The number of hydrogen-bond donors (Lipinski definition) is 1. The molecule has 0 radical (unpaired) electrons. The fourth-order valence-corrected chi connectivity index (χ4v) is 0. The first-order valence-corrected chi connectivity index (χ1v) is 3.33. The summed E-state index contributed by atoms with van der Waals surface area (Å²) in [5, 5.41) is 0. The molecule has 0 fully saturated rings. The predicted octanol–water partition coefficient (Wildman–Crippen LogP) is 2.77. The summed E-state index contributed by atoms with van der Waals surface area (Å²) >= 11 is 2.44. The molecule has 0 spiro atoms. The average Bonchev–Trinajstić information content (AvgIpc) is 1.35. The molecule has 0 aromatic rings. The van der Waals surface area contributed by atoms with Crippen molar-refractivity contribution in [3.8, 4) is 0 Å². The van der Waals surface area contributed by atoms with Gasteiger partial charge < -0.3 is 6.15 Å². The molecule has 7 heavy (non-hydrogen) atoms. The summed E-state index contributed by atoms with van der Waals surface area (Å²) in [5.74, 6) is 0. The molecule has 3 N–H and O–H groups in total. The third-order valence-corrected chi connectivity index (χ3v) is 1.60. The van der Waals surface area contributed by atoms with Crippen molar-refractivity contribution < 1.29 is 0 Å². The van der Waals surface area contributed by atoms with Gasteiger partial charge in [-0.25, -0.2) is 0 Å². The van der Waals surface area contributed by atoms with Crippen molar-refractivity contribution in [2.75, 3.05) is 0 Å². The molecular formula is C5H14IN. The minimum atomic E-state index is 0. The molecule has 2 heteroatoms. The summed E-state index contributed by atoms with van der Waals surface area (Å²) < 4.78 is 0.512. The fourth-order valence-electron chi connectivity index (χ4n) is 0. The van der Waals surface area contributed by atoms with Crippen molar-refractivity contribution in [1.82, 2.24) is 6.15 Å². The molecule has 0 heterocycles. The summed E-state index contributed by atoms with van der Waals surface area (Å²) in [7, 11) is 0. The van der Waals surface area contributed by atoms with Gasteiger partial charge >= 0.3 is 0 Å². The highest BCUT2D eigenvalue weighted by atomic mass is 127. The molecule has 0 aromatic carbocycles. The van der Waals surface area contributed by atoms with Crippen LogP contribution in [0.5, 0.6) is 0 Å². The van der Waals surface area contributed by atoms with E-state index in [2.05, 4.69) is 43.4 Å². The molecular weight excluding hydrogens is 201 g/mol. The molecule has 46 valence electrons. The minimum Gasteiger partial charge on any atom is -0.344 e. The SMILES string of the molecule is CCC(C)(C)I.N.